The lowest BCUT2D eigenvalue weighted by atomic mass is 10.1. The van der Waals surface area contributed by atoms with Gasteiger partial charge in [0.15, 0.2) is 8.07 Å². The minimum atomic E-state index is -3.24. The second-order valence-electron chi connectivity index (χ2n) is 15.9. The van der Waals surface area contributed by atoms with Crippen molar-refractivity contribution in [1.82, 2.24) is 9.13 Å². The highest BCUT2D eigenvalue weighted by Gasteiger charge is 2.42. The number of hydrogen-bond acceptors (Lipinski definition) is 3. The lowest BCUT2D eigenvalue weighted by molar-refractivity contribution is 0.669. The summed E-state index contributed by atoms with van der Waals surface area (Å²) in [6.07, 6.45) is 0. The normalized spacial score (nSPS) is 11.8. The largest absolute Gasteiger partial charge is 0.456 e. The first-order valence-electron chi connectivity index (χ1n) is 20.7. The molecule has 0 amide bonds. The number of hydrogen-bond donors (Lipinski definition) is 0. The molecule has 3 heterocycles. The van der Waals surface area contributed by atoms with Crippen LogP contribution in [0.15, 0.2) is 211 Å². The minimum Gasteiger partial charge on any atom is -0.456 e. The summed E-state index contributed by atoms with van der Waals surface area (Å²) in [4.78, 5) is 0. The van der Waals surface area contributed by atoms with Gasteiger partial charge in [0.25, 0.3) is 0 Å². The fraction of sp³-hybridized carbons (Fsp3) is 0. The molecular formula is C56H34N4OSi. The van der Waals surface area contributed by atoms with Crippen molar-refractivity contribution in [2.24, 2.45) is 0 Å². The molecule has 0 saturated carbocycles. The molecule has 0 N–H and O–H groups in total. The van der Waals surface area contributed by atoms with E-state index in [-0.39, 0.29) is 0 Å². The highest BCUT2D eigenvalue weighted by molar-refractivity contribution is 7.20. The Kier molecular flexibility index (Phi) is 7.92. The van der Waals surface area contributed by atoms with Gasteiger partial charge in [-0.25, -0.2) is 0 Å². The number of fused-ring (bicyclic) bond motifs is 10. The molecule has 12 rings (SSSR count). The Morgan fingerprint density at radius 1 is 0.371 bits per heavy atom. The number of benzene rings is 9. The quantitative estimate of drug-likeness (QED) is 0.124. The van der Waals surface area contributed by atoms with E-state index in [4.69, 9.17) is 4.42 Å². The van der Waals surface area contributed by atoms with Gasteiger partial charge in [-0.2, -0.15) is 10.5 Å². The lowest BCUT2D eigenvalue weighted by Gasteiger charge is -2.35. The predicted molar refractivity (Wildman–Crippen MR) is 255 cm³/mol. The number of aromatic nitrogens is 2. The summed E-state index contributed by atoms with van der Waals surface area (Å²) in [5.74, 6) is 0. The van der Waals surface area contributed by atoms with E-state index < -0.39 is 8.07 Å². The number of nitriles is 2. The van der Waals surface area contributed by atoms with Gasteiger partial charge >= 0.3 is 0 Å². The minimum absolute atomic E-state index is 0.577. The van der Waals surface area contributed by atoms with Crippen molar-refractivity contribution in [3.05, 3.63) is 217 Å². The smallest absolute Gasteiger partial charge is 0.179 e. The monoisotopic (exact) mass is 806 g/mol. The van der Waals surface area contributed by atoms with E-state index in [0.29, 0.717) is 11.1 Å². The van der Waals surface area contributed by atoms with Gasteiger partial charge in [0, 0.05) is 38.3 Å². The van der Waals surface area contributed by atoms with Gasteiger partial charge in [-0.15, -0.1) is 0 Å². The van der Waals surface area contributed by atoms with Gasteiger partial charge in [-0.05, 0) is 99.6 Å². The Bertz CT molecular complexity index is 3810. The predicted octanol–water partition coefficient (Wildman–Crippen LogP) is 10.9. The SMILES string of the molecule is N#Cc1cc(-n2c3ccccc3c3cc(C#N)ccc32)cc([Si](c2ccccc2)(c2ccccc2)c2cccc(-n3c4ccccc4c4ccc5oc6ccccc6c5c43)c2)c1. The third-order valence-electron chi connectivity index (χ3n) is 12.7. The van der Waals surface area contributed by atoms with E-state index in [1.807, 2.05) is 48.5 Å². The summed E-state index contributed by atoms with van der Waals surface area (Å²) in [6.45, 7) is 0. The van der Waals surface area contributed by atoms with E-state index in [9.17, 15) is 10.5 Å². The summed E-state index contributed by atoms with van der Waals surface area (Å²) < 4.78 is 11.1. The zero-order valence-electron chi connectivity index (χ0n) is 33.3. The molecule has 6 heteroatoms. The molecule has 0 aliphatic carbocycles. The molecule has 0 spiro atoms. The van der Waals surface area contributed by atoms with E-state index in [1.54, 1.807) is 0 Å². The average Bonchev–Trinajstić information content (AvgIpc) is 4.00. The van der Waals surface area contributed by atoms with Crippen LogP contribution in [0.5, 0.6) is 0 Å². The standard InChI is InChI=1S/C56H34N4OSi/c57-35-37-26-28-52-49(32-37)46-21-8-10-23-50(46)59(52)40-30-38(36-58)31-44(34-40)62(41-15-3-1-4-16-41,42-17-5-2-6-18-42)43-19-13-14-39(33-43)60-51-24-11-7-20-45(51)47-27-29-54-55(56(47)60)48-22-9-12-25-53(48)61-54/h1-34H. The Morgan fingerprint density at radius 3 is 1.69 bits per heavy atom. The van der Waals surface area contributed by atoms with Crippen molar-refractivity contribution in [2.45, 2.75) is 0 Å². The zero-order valence-corrected chi connectivity index (χ0v) is 34.3. The molecule has 0 saturated heterocycles. The molecule has 3 aromatic heterocycles. The van der Waals surface area contributed by atoms with Crippen LogP contribution in [0, 0.1) is 22.7 Å². The van der Waals surface area contributed by atoms with E-state index in [0.717, 1.165) is 71.3 Å². The summed E-state index contributed by atoms with van der Waals surface area (Å²) in [7, 11) is -3.24. The van der Waals surface area contributed by atoms with Crippen LogP contribution in [-0.2, 0) is 0 Å². The highest BCUT2D eigenvalue weighted by atomic mass is 28.3. The summed E-state index contributed by atoms with van der Waals surface area (Å²) in [6, 6.07) is 77.6. The maximum Gasteiger partial charge on any atom is 0.179 e. The van der Waals surface area contributed by atoms with Crippen molar-refractivity contribution in [2.75, 3.05) is 0 Å². The van der Waals surface area contributed by atoms with Crippen LogP contribution in [0.1, 0.15) is 11.1 Å². The first-order chi connectivity index (χ1) is 30.6. The van der Waals surface area contributed by atoms with E-state index in [2.05, 4.69) is 179 Å². The Balaban J connectivity index is 1.19. The molecule has 0 fully saturated rings. The molecular weight excluding hydrogens is 773 g/mol. The van der Waals surface area contributed by atoms with Crippen LogP contribution < -0.4 is 20.7 Å². The van der Waals surface area contributed by atoms with Crippen molar-refractivity contribution in [3.63, 3.8) is 0 Å². The molecule has 0 aliphatic heterocycles. The van der Waals surface area contributed by atoms with Gasteiger partial charge in [0.2, 0.25) is 0 Å². The summed E-state index contributed by atoms with van der Waals surface area (Å²) in [5.41, 5.74) is 9.05. The molecule has 0 atom stereocenters. The van der Waals surface area contributed by atoms with Gasteiger partial charge in [0.1, 0.15) is 11.2 Å². The maximum absolute atomic E-state index is 10.9. The van der Waals surface area contributed by atoms with Crippen molar-refractivity contribution in [1.29, 1.82) is 10.5 Å². The van der Waals surface area contributed by atoms with Crippen molar-refractivity contribution < 1.29 is 4.42 Å². The Labute approximate surface area is 357 Å². The van der Waals surface area contributed by atoms with Crippen LogP contribution >= 0.6 is 0 Å². The molecule has 288 valence electrons. The number of furan rings is 1. The average molecular weight is 807 g/mol. The first kappa shape index (κ1) is 35.5. The molecule has 0 bridgehead atoms. The van der Waals surface area contributed by atoms with E-state index in [1.165, 1.54) is 26.3 Å². The Morgan fingerprint density at radius 2 is 0.968 bits per heavy atom. The van der Waals surface area contributed by atoms with Gasteiger partial charge in [-0.1, -0.05) is 127 Å². The number of nitrogens with zero attached hydrogens (tertiary/aromatic N) is 4. The molecule has 0 unspecified atom stereocenters. The van der Waals surface area contributed by atoms with Gasteiger partial charge < -0.3 is 13.6 Å². The molecule has 62 heavy (non-hydrogen) atoms. The van der Waals surface area contributed by atoms with Gasteiger partial charge in [0.05, 0.1) is 50.7 Å². The van der Waals surface area contributed by atoms with Crippen LogP contribution in [0.2, 0.25) is 0 Å². The molecule has 5 nitrogen and oxygen atoms in total. The number of para-hydroxylation sites is 3. The topological polar surface area (TPSA) is 70.6 Å². The lowest BCUT2D eigenvalue weighted by Crippen LogP contribution is -2.74. The Hall–Kier alpha value is -8.42. The molecule has 12 aromatic rings. The second kappa shape index (κ2) is 13.8. The van der Waals surface area contributed by atoms with Crippen LogP contribution in [0.25, 0.3) is 76.9 Å². The summed E-state index contributed by atoms with van der Waals surface area (Å²) >= 11 is 0. The van der Waals surface area contributed by atoms with Crippen LogP contribution in [-0.4, -0.2) is 17.2 Å². The fourth-order valence-corrected chi connectivity index (χ4v) is 15.0. The molecule has 9 aromatic carbocycles. The number of rotatable bonds is 6. The fourth-order valence-electron chi connectivity index (χ4n) is 10.1. The second-order valence-corrected chi connectivity index (χ2v) is 19.7. The van der Waals surface area contributed by atoms with Crippen molar-refractivity contribution in [3.8, 4) is 23.5 Å². The molecule has 0 radical (unpaired) electrons. The first-order valence-corrected chi connectivity index (χ1v) is 22.7. The van der Waals surface area contributed by atoms with Gasteiger partial charge in [-0.3, -0.25) is 0 Å². The highest BCUT2D eigenvalue weighted by Crippen LogP contribution is 2.41. The summed E-state index contributed by atoms with van der Waals surface area (Å²) in [5, 5.41) is 32.0. The third-order valence-corrected chi connectivity index (χ3v) is 17.4. The zero-order chi connectivity index (χ0) is 41.4. The van der Waals surface area contributed by atoms with E-state index >= 15 is 0 Å². The maximum atomic E-state index is 10.9. The van der Waals surface area contributed by atoms with Crippen LogP contribution in [0.4, 0.5) is 0 Å². The molecule has 0 aliphatic rings. The van der Waals surface area contributed by atoms with Crippen LogP contribution in [0.3, 0.4) is 0 Å². The van der Waals surface area contributed by atoms with Crippen molar-refractivity contribution >= 4 is 94.4 Å². The third kappa shape index (κ3) is 5.12.